The van der Waals surface area contributed by atoms with Crippen LogP contribution in [0.3, 0.4) is 0 Å². The molecule has 232 valence electrons. The number of nitrogens with zero attached hydrogens (tertiary/aromatic N) is 2. The van der Waals surface area contributed by atoms with E-state index < -0.39 is 5.41 Å². The van der Waals surface area contributed by atoms with Crippen LogP contribution in [0, 0.1) is 0 Å². The molecule has 49 heavy (non-hydrogen) atoms. The van der Waals surface area contributed by atoms with Gasteiger partial charge in [-0.15, -0.1) is 0 Å². The highest BCUT2D eigenvalue weighted by Crippen LogP contribution is 2.57. The van der Waals surface area contributed by atoms with E-state index in [9.17, 15) is 0 Å². The normalized spacial score (nSPS) is 15.1. The van der Waals surface area contributed by atoms with Crippen LogP contribution >= 0.6 is 0 Å². The molecule has 0 N–H and O–H groups in total. The molecule has 2 nitrogen and oxygen atoms in total. The first-order chi connectivity index (χ1) is 24.3. The van der Waals surface area contributed by atoms with Gasteiger partial charge in [-0.1, -0.05) is 170 Å². The zero-order valence-corrected chi connectivity index (χ0v) is 27.1. The van der Waals surface area contributed by atoms with E-state index in [0.717, 1.165) is 44.8 Å². The van der Waals surface area contributed by atoms with E-state index in [2.05, 4.69) is 169 Å². The highest BCUT2D eigenvalue weighted by molar-refractivity contribution is 5.95. The molecule has 0 bridgehead atoms. The lowest BCUT2D eigenvalue weighted by Gasteiger charge is -2.33. The summed E-state index contributed by atoms with van der Waals surface area (Å²) in [5.74, 6) is 0. The van der Waals surface area contributed by atoms with Crippen molar-refractivity contribution in [2.75, 3.05) is 0 Å². The Morgan fingerprint density at radius 3 is 1.86 bits per heavy atom. The Labute approximate surface area is 288 Å². The first kappa shape index (κ1) is 30.0. The Bertz CT molecular complexity index is 2220. The van der Waals surface area contributed by atoms with E-state index in [4.69, 9.17) is 4.98 Å². The molecule has 2 heterocycles. The van der Waals surface area contributed by atoms with Gasteiger partial charge in [0, 0.05) is 23.5 Å². The van der Waals surface area contributed by atoms with Crippen molar-refractivity contribution in [3.8, 4) is 33.6 Å². The molecule has 1 atom stereocenters. The topological polar surface area (TPSA) is 25.8 Å². The number of fused-ring (bicyclic) bond motifs is 3. The van der Waals surface area contributed by atoms with Crippen molar-refractivity contribution >= 4 is 11.6 Å². The molecule has 8 rings (SSSR count). The summed E-state index contributed by atoms with van der Waals surface area (Å²) >= 11 is 0. The summed E-state index contributed by atoms with van der Waals surface area (Å²) in [4.78, 5) is 9.63. The number of hydrogen-bond acceptors (Lipinski definition) is 2. The van der Waals surface area contributed by atoms with Crippen LogP contribution in [-0.2, 0) is 5.41 Å². The van der Waals surface area contributed by atoms with Crippen LogP contribution in [0.5, 0.6) is 0 Å². The lowest BCUT2D eigenvalue weighted by Crippen LogP contribution is -2.28. The minimum absolute atomic E-state index is 0.502. The van der Waals surface area contributed by atoms with E-state index in [1.54, 1.807) is 0 Å². The van der Waals surface area contributed by atoms with Crippen molar-refractivity contribution < 1.29 is 0 Å². The highest BCUT2D eigenvalue weighted by Gasteiger charge is 2.46. The van der Waals surface area contributed by atoms with Crippen LogP contribution in [0.15, 0.2) is 195 Å². The van der Waals surface area contributed by atoms with Gasteiger partial charge in [0.2, 0.25) is 0 Å². The lowest BCUT2D eigenvalue weighted by molar-refractivity contribution is 0.762. The van der Waals surface area contributed by atoms with Crippen molar-refractivity contribution in [3.05, 3.63) is 228 Å². The molecule has 0 fully saturated rings. The number of hydrogen-bond donors (Lipinski definition) is 0. The molecule has 1 unspecified atom stereocenters. The van der Waals surface area contributed by atoms with Gasteiger partial charge in [-0.3, -0.25) is 4.98 Å². The molecule has 0 radical (unpaired) electrons. The minimum atomic E-state index is -0.502. The smallest absolute Gasteiger partial charge is 0.0728 e. The van der Waals surface area contributed by atoms with Crippen molar-refractivity contribution in [1.82, 2.24) is 9.97 Å². The standard InChI is InChI=1S/C47H34N2/c1-2-35(22-14-17-34-31-44(36-18-6-3-7-19-36)49-45(32-34)37-20-8-4-9-21-37)40-27-15-29-43-46(40)41-26-12-13-28-42(41)47(43,38-23-10-5-11-24-38)39-25-16-30-48-33-39/h2-33H,1H2/b17-14+,35-22+. The number of aromatic nitrogens is 2. The summed E-state index contributed by atoms with van der Waals surface area (Å²) in [7, 11) is 0. The third-order valence-corrected chi connectivity index (χ3v) is 9.45. The summed E-state index contributed by atoms with van der Waals surface area (Å²) in [6.45, 7) is 4.28. The second kappa shape index (κ2) is 13.0. The average Bonchev–Trinajstić information content (AvgIpc) is 3.49. The summed E-state index contributed by atoms with van der Waals surface area (Å²) < 4.78 is 0. The maximum Gasteiger partial charge on any atom is 0.0728 e. The maximum absolute atomic E-state index is 5.04. The number of allylic oxidation sites excluding steroid dienone is 4. The van der Waals surface area contributed by atoms with Crippen LogP contribution in [0.25, 0.3) is 45.3 Å². The fourth-order valence-electron chi connectivity index (χ4n) is 7.32. The molecule has 1 aliphatic rings. The molecule has 0 spiro atoms. The van der Waals surface area contributed by atoms with Gasteiger partial charge in [-0.25, -0.2) is 4.98 Å². The quantitative estimate of drug-likeness (QED) is 0.157. The largest absolute Gasteiger partial charge is 0.264 e. The fraction of sp³-hybridized carbons (Fsp3) is 0.0213. The summed E-state index contributed by atoms with van der Waals surface area (Å²) in [5.41, 5.74) is 14.2. The Balaban J connectivity index is 1.27. The van der Waals surface area contributed by atoms with Crippen molar-refractivity contribution in [2.45, 2.75) is 5.41 Å². The molecule has 0 amide bonds. The second-order valence-electron chi connectivity index (χ2n) is 12.2. The average molecular weight is 627 g/mol. The summed E-state index contributed by atoms with van der Waals surface area (Å²) in [6, 6.07) is 55.5. The van der Waals surface area contributed by atoms with Gasteiger partial charge in [-0.05, 0) is 68.3 Å². The maximum atomic E-state index is 5.04. The molecule has 1 aliphatic carbocycles. The Morgan fingerprint density at radius 2 is 1.20 bits per heavy atom. The third kappa shape index (κ3) is 5.34. The number of rotatable bonds is 8. The number of pyridine rings is 2. The molecule has 0 aliphatic heterocycles. The highest BCUT2D eigenvalue weighted by atomic mass is 14.7. The molecule has 2 aromatic heterocycles. The van der Waals surface area contributed by atoms with Crippen molar-refractivity contribution in [1.29, 1.82) is 0 Å². The van der Waals surface area contributed by atoms with Crippen LogP contribution in [-0.4, -0.2) is 9.97 Å². The van der Waals surface area contributed by atoms with Gasteiger partial charge in [-0.2, -0.15) is 0 Å². The molecular weight excluding hydrogens is 593 g/mol. The predicted molar refractivity (Wildman–Crippen MR) is 204 cm³/mol. The van der Waals surface area contributed by atoms with E-state index in [-0.39, 0.29) is 0 Å². The fourth-order valence-corrected chi connectivity index (χ4v) is 7.32. The monoisotopic (exact) mass is 626 g/mol. The first-order valence-corrected chi connectivity index (χ1v) is 16.6. The van der Waals surface area contributed by atoms with Gasteiger partial charge in [0.25, 0.3) is 0 Å². The molecular formula is C47H34N2. The number of benzene rings is 5. The predicted octanol–water partition coefficient (Wildman–Crippen LogP) is 11.5. The van der Waals surface area contributed by atoms with Gasteiger partial charge < -0.3 is 0 Å². The van der Waals surface area contributed by atoms with Crippen LogP contribution in [0.4, 0.5) is 0 Å². The zero-order chi connectivity index (χ0) is 33.0. The summed E-state index contributed by atoms with van der Waals surface area (Å²) in [6.07, 6.45) is 12.3. The third-order valence-electron chi connectivity index (χ3n) is 9.45. The molecule has 7 aromatic rings. The Morgan fingerprint density at radius 1 is 0.592 bits per heavy atom. The molecule has 0 saturated heterocycles. The molecule has 0 saturated carbocycles. The van der Waals surface area contributed by atoms with Crippen LogP contribution < -0.4 is 0 Å². The van der Waals surface area contributed by atoms with Crippen molar-refractivity contribution in [3.63, 3.8) is 0 Å². The van der Waals surface area contributed by atoms with E-state index in [0.29, 0.717) is 0 Å². The zero-order valence-electron chi connectivity index (χ0n) is 27.1. The second-order valence-corrected chi connectivity index (χ2v) is 12.2. The van der Waals surface area contributed by atoms with E-state index in [1.165, 1.54) is 27.8 Å². The van der Waals surface area contributed by atoms with E-state index in [1.807, 2.05) is 36.7 Å². The van der Waals surface area contributed by atoms with Gasteiger partial charge in [0.05, 0.1) is 16.8 Å². The minimum Gasteiger partial charge on any atom is -0.264 e. The first-order valence-electron chi connectivity index (χ1n) is 16.6. The molecule has 5 aromatic carbocycles. The van der Waals surface area contributed by atoms with Gasteiger partial charge in [0.1, 0.15) is 0 Å². The van der Waals surface area contributed by atoms with Crippen molar-refractivity contribution in [2.24, 2.45) is 0 Å². The van der Waals surface area contributed by atoms with Gasteiger partial charge in [0.15, 0.2) is 0 Å². The Kier molecular flexibility index (Phi) is 7.97. The molecule has 2 heteroatoms. The lowest BCUT2D eigenvalue weighted by atomic mass is 9.68. The SMILES string of the molecule is C=C/C(=C\C=C\c1cc(-c2ccccc2)nc(-c2ccccc2)c1)c1cccc2c1-c1ccccc1C2(c1ccccc1)c1cccnc1. The van der Waals surface area contributed by atoms with E-state index >= 15 is 0 Å². The van der Waals surface area contributed by atoms with Crippen LogP contribution in [0.2, 0.25) is 0 Å². The van der Waals surface area contributed by atoms with Gasteiger partial charge >= 0.3 is 0 Å². The Hall–Kier alpha value is -6.38. The summed E-state index contributed by atoms with van der Waals surface area (Å²) in [5, 5.41) is 0. The van der Waals surface area contributed by atoms with Crippen LogP contribution in [0.1, 0.15) is 33.4 Å².